The highest BCUT2D eigenvalue weighted by Crippen LogP contribution is 2.28. The molecular weight excluding hydrogens is 362 g/mol. The number of aryl methyl sites for hydroxylation is 1. The van der Waals surface area contributed by atoms with Crippen molar-refractivity contribution in [2.45, 2.75) is 13.5 Å². The van der Waals surface area contributed by atoms with E-state index < -0.39 is 0 Å². The van der Waals surface area contributed by atoms with Crippen molar-refractivity contribution in [1.82, 2.24) is 10.3 Å². The Hall–Kier alpha value is -3.05. The molecule has 6 heteroatoms. The topological polar surface area (TPSA) is 63.2 Å². The monoisotopic (exact) mass is 381 g/mol. The van der Waals surface area contributed by atoms with Gasteiger partial charge in [-0.2, -0.15) is 0 Å². The highest BCUT2D eigenvalue weighted by Gasteiger charge is 2.09. The first kappa shape index (κ1) is 18.7. The third-order valence-electron chi connectivity index (χ3n) is 3.97. The van der Waals surface area contributed by atoms with Crippen LogP contribution in [0.4, 0.5) is 11.4 Å². The van der Waals surface area contributed by atoms with Crippen molar-refractivity contribution in [3.63, 3.8) is 0 Å². The molecule has 3 aromatic rings. The van der Waals surface area contributed by atoms with Crippen LogP contribution in [0.15, 0.2) is 60.8 Å². The zero-order valence-electron chi connectivity index (χ0n) is 15.1. The van der Waals surface area contributed by atoms with E-state index in [9.17, 15) is 4.79 Å². The molecule has 0 radical (unpaired) electrons. The number of pyridine rings is 1. The molecule has 0 unspecified atom stereocenters. The van der Waals surface area contributed by atoms with Crippen LogP contribution in [-0.4, -0.2) is 18.0 Å². The fourth-order valence-electron chi connectivity index (χ4n) is 2.64. The standard InChI is InChI=1S/C21H20ClN3O2/c1-14-4-3-5-15(10-14)13-24-21(26)19-12-17(8-9-23-19)25-16-6-7-20(27-2)18(22)11-16/h3-12H,13H2,1-2H3,(H,23,25)(H,24,26). The first-order chi connectivity index (χ1) is 13.0. The first-order valence-electron chi connectivity index (χ1n) is 8.45. The van der Waals surface area contributed by atoms with Gasteiger partial charge in [0.2, 0.25) is 0 Å². The molecular formula is C21H20ClN3O2. The summed E-state index contributed by atoms with van der Waals surface area (Å²) in [5.41, 5.74) is 4.08. The van der Waals surface area contributed by atoms with Gasteiger partial charge in [-0.15, -0.1) is 0 Å². The number of aromatic nitrogens is 1. The summed E-state index contributed by atoms with van der Waals surface area (Å²) in [6.45, 7) is 2.47. The van der Waals surface area contributed by atoms with Gasteiger partial charge in [0.05, 0.1) is 12.1 Å². The predicted molar refractivity (Wildman–Crippen MR) is 108 cm³/mol. The number of methoxy groups -OCH3 is 1. The lowest BCUT2D eigenvalue weighted by Gasteiger charge is -2.10. The second kappa shape index (κ2) is 8.56. The third-order valence-corrected chi connectivity index (χ3v) is 4.26. The van der Waals surface area contributed by atoms with Crippen LogP contribution >= 0.6 is 11.6 Å². The summed E-state index contributed by atoms with van der Waals surface area (Å²) < 4.78 is 5.15. The minimum atomic E-state index is -0.229. The lowest BCUT2D eigenvalue weighted by Crippen LogP contribution is -2.23. The van der Waals surface area contributed by atoms with Crippen molar-refractivity contribution < 1.29 is 9.53 Å². The second-order valence-corrected chi connectivity index (χ2v) is 6.48. The fourth-order valence-corrected chi connectivity index (χ4v) is 2.90. The van der Waals surface area contributed by atoms with E-state index in [2.05, 4.69) is 15.6 Å². The number of nitrogens with one attached hydrogen (secondary N) is 2. The number of amides is 1. The van der Waals surface area contributed by atoms with E-state index in [-0.39, 0.29) is 5.91 Å². The lowest BCUT2D eigenvalue weighted by atomic mass is 10.1. The van der Waals surface area contributed by atoms with Crippen molar-refractivity contribution >= 4 is 28.9 Å². The molecule has 1 aromatic heterocycles. The predicted octanol–water partition coefficient (Wildman–Crippen LogP) is 4.73. The number of halogens is 1. The highest BCUT2D eigenvalue weighted by molar-refractivity contribution is 6.32. The molecule has 0 spiro atoms. The Balaban J connectivity index is 1.67. The molecule has 138 valence electrons. The Bertz CT molecular complexity index is 960. The molecule has 0 bridgehead atoms. The van der Waals surface area contributed by atoms with Crippen LogP contribution in [-0.2, 0) is 6.54 Å². The molecule has 1 amide bonds. The smallest absolute Gasteiger partial charge is 0.270 e. The average molecular weight is 382 g/mol. The Morgan fingerprint density at radius 2 is 1.93 bits per heavy atom. The quantitative estimate of drug-likeness (QED) is 0.648. The van der Waals surface area contributed by atoms with E-state index in [4.69, 9.17) is 16.3 Å². The van der Waals surface area contributed by atoms with Crippen LogP contribution in [0.3, 0.4) is 0 Å². The van der Waals surface area contributed by atoms with Crippen molar-refractivity contribution in [3.05, 3.63) is 82.6 Å². The van der Waals surface area contributed by atoms with Crippen LogP contribution in [0.2, 0.25) is 5.02 Å². The molecule has 0 aliphatic heterocycles. The Kier molecular flexibility index (Phi) is 5.94. The van der Waals surface area contributed by atoms with Gasteiger partial charge in [-0.3, -0.25) is 9.78 Å². The number of hydrogen-bond donors (Lipinski definition) is 2. The van der Waals surface area contributed by atoms with Crippen molar-refractivity contribution in [3.8, 4) is 5.75 Å². The van der Waals surface area contributed by atoms with Crippen molar-refractivity contribution in [1.29, 1.82) is 0 Å². The molecule has 27 heavy (non-hydrogen) atoms. The number of benzene rings is 2. The Morgan fingerprint density at radius 3 is 2.67 bits per heavy atom. The van der Waals surface area contributed by atoms with E-state index in [0.29, 0.717) is 23.0 Å². The molecule has 5 nitrogen and oxygen atoms in total. The van der Waals surface area contributed by atoms with Gasteiger partial charge in [0, 0.05) is 24.1 Å². The van der Waals surface area contributed by atoms with Gasteiger partial charge in [0.1, 0.15) is 11.4 Å². The number of anilines is 2. The molecule has 0 aliphatic carbocycles. The largest absolute Gasteiger partial charge is 0.495 e. The zero-order chi connectivity index (χ0) is 19.2. The van der Waals surface area contributed by atoms with Crippen LogP contribution in [0.5, 0.6) is 5.75 Å². The lowest BCUT2D eigenvalue weighted by molar-refractivity contribution is 0.0946. The zero-order valence-corrected chi connectivity index (χ0v) is 15.9. The van der Waals surface area contributed by atoms with E-state index in [0.717, 1.165) is 22.5 Å². The minimum Gasteiger partial charge on any atom is -0.495 e. The third kappa shape index (κ3) is 4.99. The number of hydrogen-bond acceptors (Lipinski definition) is 4. The summed E-state index contributed by atoms with van der Waals surface area (Å²) in [7, 11) is 1.57. The number of carbonyl (C=O) groups is 1. The molecule has 1 heterocycles. The Morgan fingerprint density at radius 1 is 1.11 bits per heavy atom. The molecule has 0 saturated heterocycles. The van der Waals surface area contributed by atoms with E-state index in [1.807, 2.05) is 37.3 Å². The van der Waals surface area contributed by atoms with E-state index in [1.54, 1.807) is 37.6 Å². The van der Waals surface area contributed by atoms with E-state index >= 15 is 0 Å². The molecule has 0 aliphatic rings. The van der Waals surface area contributed by atoms with Crippen LogP contribution in [0, 0.1) is 6.92 Å². The molecule has 3 rings (SSSR count). The maximum Gasteiger partial charge on any atom is 0.270 e. The number of rotatable bonds is 6. The maximum absolute atomic E-state index is 12.4. The van der Waals surface area contributed by atoms with Gasteiger partial charge >= 0.3 is 0 Å². The summed E-state index contributed by atoms with van der Waals surface area (Å²) in [5.74, 6) is 0.376. The molecule has 0 atom stereocenters. The normalized spacial score (nSPS) is 10.3. The van der Waals surface area contributed by atoms with Gasteiger partial charge in [-0.05, 0) is 42.8 Å². The van der Waals surface area contributed by atoms with Crippen molar-refractivity contribution in [2.75, 3.05) is 12.4 Å². The summed E-state index contributed by atoms with van der Waals surface area (Å²) in [5, 5.41) is 6.61. The second-order valence-electron chi connectivity index (χ2n) is 6.08. The molecule has 2 N–H and O–H groups in total. The number of nitrogens with zero attached hydrogens (tertiary/aromatic N) is 1. The first-order valence-corrected chi connectivity index (χ1v) is 8.83. The summed E-state index contributed by atoms with van der Waals surface area (Å²) in [6, 6.07) is 16.9. The summed E-state index contributed by atoms with van der Waals surface area (Å²) in [4.78, 5) is 16.6. The summed E-state index contributed by atoms with van der Waals surface area (Å²) in [6.07, 6.45) is 1.59. The van der Waals surface area contributed by atoms with Gasteiger partial charge in [0.15, 0.2) is 0 Å². The molecule has 2 aromatic carbocycles. The van der Waals surface area contributed by atoms with Gasteiger partial charge < -0.3 is 15.4 Å². The maximum atomic E-state index is 12.4. The number of ether oxygens (including phenoxy) is 1. The molecule has 0 saturated carbocycles. The van der Waals surface area contributed by atoms with Crippen LogP contribution in [0.1, 0.15) is 21.6 Å². The van der Waals surface area contributed by atoms with Crippen LogP contribution < -0.4 is 15.4 Å². The number of carbonyl (C=O) groups excluding carboxylic acids is 1. The molecule has 0 fully saturated rings. The summed E-state index contributed by atoms with van der Waals surface area (Å²) >= 11 is 6.15. The Labute approximate surface area is 163 Å². The fraction of sp³-hybridized carbons (Fsp3) is 0.143. The van der Waals surface area contributed by atoms with Gasteiger partial charge in [-0.25, -0.2) is 0 Å². The van der Waals surface area contributed by atoms with Crippen LogP contribution in [0.25, 0.3) is 0 Å². The van der Waals surface area contributed by atoms with E-state index in [1.165, 1.54) is 0 Å². The SMILES string of the molecule is COc1ccc(Nc2ccnc(C(=O)NCc3cccc(C)c3)c2)cc1Cl. The average Bonchev–Trinajstić information content (AvgIpc) is 2.66. The minimum absolute atomic E-state index is 0.229. The highest BCUT2D eigenvalue weighted by atomic mass is 35.5. The van der Waals surface area contributed by atoms with Gasteiger partial charge in [0.25, 0.3) is 5.91 Å². The van der Waals surface area contributed by atoms with Gasteiger partial charge in [-0.1, -0.05) is 41.4 Å². The van der Waals surface area contributed by atoms with Crippen molar-refractivity contribution in [2.24, 2.45) is 0 Å².